The van der Waals surface area contributed by atoms with Gasteiger partial charge in [0, 0.05) is 30.5 Å². The summed E-state index contributed by atoms with van der Waals surface area (Å²) in [6, 6.07) is 4.74. The van der Waals surface area contributed by atoms with E-state index in [1.54, 1.807) is 12.1 Å². The molecule has 1 aromatic rings. The van der Waals surface area contributed by atoms with Crippen molar-refractivity contribution in [2.45, 2.75) is 17.2 Å². The summed E-state index contributed by atoms with van der Waals surface area (Å²) in [6.45, 7) is 2.71. The number of hydrogen-bond acceptors (Lipinski definition) is 3. The van der Waals surface area contributed by atoms with Gasteiger partial charge in [0.2, 0.25) is 10.0 Å². The highest BCUT2D eigenvalue weighted by Crippen LogP contribution is 2.25. The van der Waals surface area contributed by atoms with Crippen molar-refractivity contribution >= 4 is 33.2 Å². The topological polar surface area (TPSA) is 40.6 Å². The van der Waals surface area contributed by atoms with Gasteiger partial charge in [-0.25, -0.2) is 8.42 Å². The van der Waals surface area contributed by atoms with Crippen LogP contribution < -0.4 is 0 Å². The molecule has 0 aromatic heterocycles. The highest BCUT2D eigenvalue weighted by Gasteiger charge is 2.26. The fourth-order valence-corrected chi connectivity index (χ4v) is 4.32. The number of likely N-dealkylation sites (N-methyl/N-ethyl adjacent to an activating group) is 1. The average Bonchev–Trinajstić information content (AvgIpc) is 2.63. The predicted octanol–water partition coefficient (Wildman–Crippen LogP) is 2.41. The number of benzene rings is 1. The second-order valence-corrected chi connectivity index (χ2v) is 7.56. The van der Waals surface area contributed by atoms with Crippen molar-refractivity contribution in [1.82, 2.24) is 9.21 Å². The molecular formula is C13H18Cl2N2O2S. The Bertz CT molecular complexity index is 578. The molecule has 0 atom stereocenters. The molecule has 2 rings (SSSR count). The Morgan fingerprint density at radius 2 is 1.95 bits per heavy atom. The minimum absolute atomic E-state index is 0.237. The maximum atomic E-state index is 12.6. The van der Waals surface area contributed by atoms with E-state index in [1.165, 1.54) is 10.4 Å². The molecule has 1 fully saturated rings. The molecule has 0 saturated carbocycles. The van der Waals surface area contributed by atoms with Crippen molar-refractivity contribution in [3.63, 3.8) is 0 Å². The molecule has 1 aliphatic heterocycles. The van der Waals surface area contributed by atoms with Gasteiger partial charge >= 0.3 is 0 Å². The van der Waals surface area contributed by atoms with Crippen LogP contribution in [-0.2, 0) is 15.9 Å². The lowest BCUT2D eigenvalue weighted by Crippen LogP contribution is -2.34. The molecule has 0 spiro atoms. The molecule has 4 nitrogen and oxygen atoms in total. The van der Waals surface area contributed by atoms with Crippen LogP contribution in [0.1, 0.15) is 12.0 Å². The van der Waals surface area contributed by atoms with Gasteiger partial charge in [0.05, 0.1) is 4.90 Å². The van der Waals surface area contributed by atoms with Crippen LogP contribution in [0.2, 0.25) is 5.02 Å². The van der Waals surface area contributed by atoms with Crippen LogP contribution in [0, 0.1) is 0 Å². The van der Waals surface area contributed by atoms with Gasteiger partial charge in [-0.2, -0.15) is 4.31 Å². The maximum Gasteiger partial charge on any atom is 0.243 e. The van der Waals surface area contributed by atoms with Gasteiger partial charge in [0.25, 0.3) is 0 Å². The fourth-order valence-electron chi connectivity index (χ4n) is 2.21. The SMILES string of the molecule is CN1CCCN(S(=O)(=O)c2ccc(CCl)c(Cl)c2)CC1. The van der Waals surface area contributed by atoms with E-state index in [1.807, 2.05) is 7.05 Å². The van der Waals surface area contributed by atoms with Gasteiger partial charge in [0.1, 0.15) is 0 Å². The van der Waals surface area contributed by atoms with E-state index in [9.17, 15) is 8.42 Å². The zero-order valence-corrected chi connectivity index (χ0v) is 13.7. The van der Waals surface area contributed by atoms with Gasteiger partial charge in [0.15, 0.2) is 0 Å². The molecular weight excluding hydrogens is 319 g/mol. The lowest BCUT2D eigenvalue weighted by molar-refractivity contribution is 0.347. The summed E-state index contributed by atoms with van der Waals surface area (Å²) >= 11 is 11.8. The van der Waals surface area contributed by atoms with Crippen molar-refractivity contribution in [1.29, 1.82) is 0 Å². The van der Waals surface area contributed by atoms with Gasteiger partial charge in [-0.05, 0) is 37.7 Å². The monoisotopic (exact) mass is 336 g/mol. The first-order valence-corrected chi connectivity index (χ1v) is 8.83. The van der Waals surface area contributed by atoms with E-state index >= 15 is 0 Å². The summed E-state index contributed by atoms with van der Waals surface area (Å²) in [5.41, 5.74) is 0.739. The second-order valence-electron chi connectivity index (χ2n) is 4.95. The normalized spacial score (nSPS) is 18.9. The third kappa shape index (κ3) is 3.46. The van der Waals surface area contributed by atoms with E-state index in [4.69, 9.17) is 23.2 Å². The first-order valence-electron chi connectivity index (χ1n) is 6.48. The molecule has 0 aliphatic carbocycles. The summed E-state index contributed by atoms with van der Waals surface area (Å²) in [5.74, 6) is 0.271. The predicted molar refractivity (Wildman–Crippen MR) is 81.9 cm³/mol. The highest BCUT2D eigenvalue weighted by atomic mass is 35.5. The number of hydrogen-bond donors (Lipinski definition) is 0. The van der Waals surface area contributed by atoms with E-state index < -0.39 is 10.0 Å². The molecule has 0 N–H and O–H groups in total. The molecule has 1 heterocycles. The first kappa shape index (κ1) is 16.0. The maximum absolute atomic E-state index is 12.6. The summed E-state index contributed by atoms with van der Waals surface area (Å²) in [7, 11) is -1.47. The molecule has 0 bridgehead atoms. The Labute approximate surface area is 130 Å². The molecule has 1 saturated heterocycles. The van der Waals surface area contributed by atoms with Crippen molar-refractivity contribution in [3.8, 4) is 0 Å². The third-order valence-electron chi connectivity index (χ3n) is 3.48. The van der Waals surface area contributed by atoms with E-state index in [0.717, 1.165) is 25.1 Å². The van der Waals surface area contributed by atoms with Gasteiger partial charge in [-0.3, -0.25) is 0 Å². The third-order valence-corrected chi connectivity index (χ3v) is 6.02. The number of alkyl halides is 1. The van der Waals surface area contributed by atoms with Crippen LogP contribution in [0.4, 0.5) is 0 Å². The quantitative estimate of drug-likeness (QED) is 0.796. The summed E-state index contributed by atoms with van der Waals surface area (Å²) in [5, 5.41) is 0.396. The molecule has 7 heteroatoms. The Hall–Kier alpha value is -0.330. The fraction of sp³-hybridized carbons (Fsp3) is 0.538. The van der Waals surface area contributed by atoms with E-state index in [2.05, 4.69) is 4.90 Å². The van der Waals surface area contributed by atoms with Gasteiger partial charge in [-0.1, -0.05) is 17.7 Å². The Morgan fingerprint density at radius 3 is 2.60 bits per heavy atom. The zero-order valence-electron chi connectivity index (χ0n) is 11.3. The van der Waals surface area contributed by atoms with Crippen LogP contribution in [0.25, 0.3) is 0 Å². The standard InChI is InChI=1S/C13H18Cl2N2O2S/c1-16-5-2-6-17(8-7-16)20(18,19)12-4-3-11(10-14)13(15)9-12/h3-4,9H,2,5-8,10H2,1H3. The lowest BCUT2D eigenvalue weighted by Gasteiger charge is -2.20. The molecule has 112 valence electrons. The van der Waals surface area contributed by atoms with Gasteiger partial charge < -0.3 is 4.90 Å². The van der Waals surface area contributed by atoms with Crippen LogP contribution in [0.5, 0.6) is 0 Å². The zero-order chi connectivity index (χ0) is 14.8. The molecule has 20 heavy (non-hydrogen) atoms. The molecule has 0 radical (unpaired) electrons. The number of halogens is 2. The van der Waals surface area contributed by atoms with Crippen LogP contribution in [-0.4, -0.2) is 50.8 Å². The average molecular weight is 337 g/mol. The van der Waals surface area contributed by atoms with Crippen LogP contribution in [0.3, 0.4) is 0 Å². The Balaban J connectivity index is 2.27. The number of sulfonamides is 1. The van der Waals surface area contributed by atoms with Crippen molar-refractivity contribution in [3.05, 3.63) is 28.8 Å². The highest BCUT2D eigenvalue weighted by molar-refractivity contribution is 7.89. The largest absolute Gasteiger partial charge is 0.305 e. The second kappa shape index (κ2) is 6.62. The van der Waals surface area contributed by atoms with Crippen molar-refractivity contribution < 1.29 is 8.42 Å². The van der Waals surface area contributed by atoms with E-state index in [-0.39, 0.29) is 10.8 Å². The van der Waals surface area contributed by atoms with Crippen LogP contribution >= 0.6 is 23.2 Å². The summed E-state index contributed by atoms with van der Waals surface area (Å²) in [4.78, 5) is 2.37. The van der Waals surface area contributed by atoms with Crippen molar-refractivity contribution in [2.75, 3.05) is 33.2 Å². The molecule has 0 unspecified atom stereocenters. The van der Waals surface area contributed by atoms with Crippen molar-refractivity contribution in [2.24, 2.45) is 0 Å². The molecule has 1 aliphatic rings. The number of nitrogens with zero attached hydrogens (tertiary/aromatic N) is 2. The Kier molecular flexibility index (Phi) is 5.31. The Morgan fingerprint density at radius 1 is 1.20 bits per heavy atom. The lowest BCUT2D eigenvalue weighted by atomic mass is 10.2. The first-order chi connectivity index (χ1) is 9.45. The summed E-state index contributed by atoms with van der Waals surface area (Å²) in [6.07, 6.45) is 0.837. The molecule has 1 aromatic carbocycles. The smallest absolute Gasteiger partial charge is 0.243 e. The number of rotatable bonds is 3. The van der Waals surface area contributed by atoms with Crippen LogP contribution in [0.15, 0.2) is 23.1 Å². The summed E-state index contributed by atoms with van der Waals surface area (Å²) < 4.78 is 26.8. The van der Waals surface area contributed by atoms with Gasteiger partial charge in [-0.15, -0.1) is 11.6 Å². The van der Waals surface area contributed by atoms with E-state index in [0.29, 0.717) is 18.1 Å². The molecule has 0 amide bonds. The minimum atomic E-state index is -3.48. The minimum Gasteiger partial charge on any atom is -0.305 e.